The van der Waals surface area contributed by atoms with E-state index in [1.54, 1.807) is 0 Å². The van der Waals surface area contributed by atoms with Crippen molar-refractivity contribution in [1.82, 2.24) is 0 Å². The van der Waals surface area contributed by atoms with E-state index in [0.717, 1.165) is 38.8 Å². The summed E-state index contributed by atoms with van der Waals surface area (Å²) in [5.74, 6) is 0. The van der Waals surface area contributed by atoms with Crippen LogP contribution in [0, 0.1) is 0 Å². The third kappa shape index (κ3) is 25.8. The summed E-state index contributed by atoms with van der Waals surface area (Å²) in [5.41, 5.74) is 10.3. The first kappa shape index (κ1) is 13.5. The molecule has 0 unspecified atom stereocenters. The molecule has 0 aliphatic heterocycles. The van der Waals surface area contributed by atoms with Crippen molar-refractivity contribution in [2.45, 2.75) is 32.6 Å². The first-order chi connectivity index (χ1) is 5.33. The Morgan fingerprint density at radius 3 is 1.55 bits per heavy atom. The Bertz CT molecular complexity index is 45.4. The SMILES string of the molecule is CCCCO.NCCCCN. The van der Waals surface area contributed by atoms with Gasteiger partial charge < -0.3 is 16.6 Å². The van der Waals surface area contributed by atoms with Gasteiger partial charge in [-0.05, 0) is 32.4 Å². The predicted molar refractivity (Wildman–Crippen MR) is 49.3 cm³/mol. The Balaban J connectivity index is 0. The lowest BCUT2D eigenvalue weighted by Gasteiger charge is -1.87. The second-order valence-corrected chi connectivity index (χ2v) is 2.36. The Hall–Kier alpha value is -0.120. The molecule has 0 aromatic heterocycles. The average Bonchev–Trinajstić information content (AvgIpc) is 2.04. The van der Waals surface area contributed by atoms with Crippen LogP contribution in [0.15, 0.2) is 0 Å². The molecule has 0 fully saturated rings. The van der Waals surface area contributed by atoms with E-state index in [-0.39, 0.29) is 0 Å². The molecule has 0 saturated heterocycles. The van der Waals surface area contributed by atoms with Gasteiger partial charge in [-0.15, -0.1) is 0 Å². The molecule has 0 aromatic rings. The molecule has 3 nitrogen and oxygen atoms in total. The molecule has 0 rings (SSSR count). The average molecular weight is 162 g/mol. The van der Waals surface area contributed by atoms with Crippen LogP contribution in [0.1, 0.15) is 32.6 Å². The normalized spacial score (nSPS) is 8.73. The van der Waals surface area contributed by atoms with Crippen molar-refractivity contribution < 1.29 is 5.11 Å². The highest BCUT2D eigenvalue weighted by Gasteiger charge is 1.75. The minimum atomic E-state index is 0.344. The molecule has 0 aliphatic carbocycles. The lowest BCUT2D eigenvalue weighted by Crippen LogP contribution is -2.03. The van der Waals surface area contributed by atoms with Crippen molar-refractivity contribution in [2.24, 2.45) is 11.5 Å². The molecular formula is C8H22N2O. The molecule has 11 heavy (non-hydrogen) atoms. The minimum Gasteiger partial charge on any atom is -0.396 e. The summed E-state index contributed by atoms with van der Waals surface area (Å²) in [4.78, 5) is 0. The van der Waals surface area contributed by atoms with Gasteiger partial charge in [-0.25, -0.2) is 0 Å². The zero-order chi connectivity index (χ0) is 8.95. The van der Waals surface area contributed by atoms with Gasteiger partial charge in [0.15, 0.2) is 0 Å². The van der Waals surface area contributed by atoms with E-state index in [0.29, 0.717) is 6.61 Å². The molecule has 0 saturated carbocycles. The second-order valence-electron chi connectivity index (χ2n) is 2.36. The highest BCUT2D eigenvalue weighted by atomic mass is 16.2. The molecule has 0 atom stereocenters. The second kappa shape index (κ2) is 16.5. The standard InChI is InChI=1S/C4H12N2.C4H10O/c5-3-1-2-4-6;1-2-3-4-5/h1-6H2;5H,2-4H2,1H3. The summed E-state index contributed by atoms with van der Waals surface area (Å²) in [6.07, 6.45) is 4.17. The monoisotopic (exact) mass is 162 g/mol. The molecule has 0 radical (unpaired) electrons. The lowest BCUT2D eigenvalue weighted by molar-refractivity contribution is 0.287. The van der Waals surface area contributed by atoms with Crippen molar-refractivity contribution in [1.29, 1.82) is 0 Å². The van der Waals surface area contributed by atoms with Crippen LogP contribution in [-0.2, 0) is 0 Å². The molecule has 0 spiro atoms. The van der Waals surface area contributed by atoms with Crippen molar-refractivity contribution in [3.05, 3.63) is 0 Å². The zero-order valence-electron chi connectivity index (χ0n) is 7.55. The molecule has 0 bridgehead atoms. The topological polar surface area (TPSA) is 72.3 Å². The fourth-order valence-electron chi connectivity index (χ4n) is 0.447. The van der Waals surface area contributed by atoms with Crippen LogP contribution in [-0.4, -0.2) is 24.8 Å². The Kier molecular flexibility index (Phi) is 20.2. The van der Waals surface area contributed by atoms with Crippen LogP contribution >= 0.6 is 0 Å². The van der Waals surface area contributed by atoms with Crippen molar-refractivity contribution in [2.75, 3.05) is 19.7 Å². The summed E-state index contributed by atoms with van der Waals surface area (Å²) in [5, 5.41) is 8.07. The number of nitrogens with two attached hydrogens (primary N) is 2. The van der Waals surface area contributed by atoms with Gasteiger partial charge in [0, 0.05) is 6.61 Å². The van der Waals surface area contributed by atoms with Gasteiger partial charge in [0.05, 0.1) is 0 Å². The first-order valence-corrected chi connectivity index (χ1v) is 4.34. The van der Waals surface area contributed by atoms with Gasteiger partial charge in [-0.1, -0.05) is 13.3 Å². The molecule has 70 valence electrons. The predicted octanol–water partition coefficient (Wildman–Crippen LogP) is 0.463. The fourth-order valence-corrected chi connectivity index (χ4v) is 0.447. The molecule has 5 N–H and O–H groups in total. The van der Waals surface area contributed by atoms with E-state index in [2.05, 4.69) is 6.92 Å². The molecule has 0 amide bonds. The van der Waals surface area contributed by atoms with Gasteiger partial charge in [0.25, 0.3) is 0 Å². The Morgan fingerprint density at radius 2 is 1.45 bits per heavy atom. The summed E-state index contributed by atoms with van der Waals surface area (Å²) in [7, 11) is 0. The van der Waals surface area contributed by atoms with Crippen molar-refractivity contribution in [3.8, 4) is 0 Å². The van der Waals surface area contributed by atoms with Crippen LogP contribution in [0.4, 0.5) is 0 Å². The zero-order valence-corrected chi connectivity index (χ0v) is 7.55. The third-order valence-electron chi connectivity index (χ3n) is 1.17. The van der Waals surface area contributed by atoms with Crippen molar-refractivity contribution >= 4 is 0 Å². The van der Waals surface area contributed by atoms with Gasteiger partial charge in [-0.3, -0.25) is 0 Å². The van der Waals surface area contributed by atoms with Gasteiger partial charge in [-0.2, -0.15) is 0 Å². The van der Waals surface area contributed by atoms with Crippen LogP contribution < -0.4 is 11.5 Å². The number of hydrogen-bond donors (Lipinski definition) is 3. The van der Waals surface area contributed by atoms with Crippen molar-refractivity contribution in [3.63, 3.8) is 0 Å². The summed E-state index contributed by atoms with van der Waals surface area (Å²) in [6, 6.07) is 0. The van der Waals surface area contributed by atoms with Crippen LogP contribution in [0.3, 0.4) is 0 Å². The van der Waals surface area contributed by atoms with Crippen LogP contribution in [0.25, 0.3) is 0 Å². The van der Waals surface area contributed by atoms with Gasteiger partial charge >= 0.3 is 0 Å². The highest BCUT2D eigenvalue weighted by Crippen LogP contribution is 1.79. The maximum absolute atomic E-state index is 8.07. The Morgan fingerprint density at radius 1 is 1.00 bits per heavy atom. The number of aliphatic hydroxyl groups is 1. The third-order valence-corrected chi connectivity index (χ3v) is 1.17. The van der Waals surface area contributed by atoms with Crippen LogP contribution in [0.2, 0.25) is 0 Å². The molecular weight excluding hydrogens is 140 g/mol. The van der Waals surface area contributed by atoms with E-state index < -0.39 is 0 Å². The number of unbranched alkanes of at least 4 members (excludes halogenated alkanes) is 2. The number of aliphatic hydroxyl groups excluding tert-OH is 1. The summed E-state index contributed by atoms with van der Waals surface area (Å²) >= 11 is 0. The van der Waals surface area contributed by atoms with E-state index >= 15 is 0 Å². The Labute approximate surface area is 69.8 Å². The maximum atomic E-state index is 8.07. The van der Waals surface area contributed by atoms with E-state index in [4.69, 9.17) is 16.6 Å². The fraction of sp³-hybridized carbons (Fsp3) is 1.00. The van der Waals surface area contributed by atoms with Gasteiger partial charge in [0.2, 0.25) is 0 Å². The molecule has 0 aliphatic rings. The quantitative estimate of drug-likeness (QED) is 0.514. The van der Waals surface area contributed by atoms with E-state index in [9.17, 15) is 0 Å². The van der Waals surface area contributed by atoms with E-state index in [1.165, 1.54) is 0 Å². The molecule has 0 aromatic carbocycles. The minimum absolute atomic E-state index is 0.344. The van der Waals surface area contributed by atoms with E-state index in [1.807, 2.05) is 0 Å². The van der Waals surface area contributed by atoms with Gasteiger partial charge in [0.1, 0.15) is 0 Å². The largest absolute Gasteiger partial charge is 0.396 e. The first-order valence-electron chi connectivity index (χ1n) is 4.34. The van der Waals surface area contributed by atoms with Crippen LogP contribution in [0.5, 0.6) is 0 Å². The smallest absolute Gasteiger partial charge is 0.0430 e. The lowest BCUT2D eigenvalue weighted by atomic mass is 10.3. The number of rotatable bonds is 5. The highest BCUT2D eigenvalue weighted by molar-refractivity contribution is 4.38. The summed E-state index contributed by atoms with van der Waals surface area (Å²) < 4.78 is 0. The molecule has 3 heteroatoms. The molecule has 0 heterocycles. The maximum Gasteiger partial charge on any atom is 0.0430 e. The number of hydrogen-bond acceptors (Lipinski definition) is 3. The summed E-state index contributed by atoms with van der Waals surface area (Å²) in [6.45, 7) is 3.95.